The smallest absolute Gasteiger partial charge is 0.206 e. The molecule has 0 spiro atoms. The van der Waals surface area contributed by atoms with Crippen LogP contribution in [0.2, 0.25) is 0 Å². The Morgan fingerprint density at radius 2 is 2.00 bits per heavy atom. The molecule has 1 heterocycles. The molecule has 0 bridgehead atoms. The molecule has 1 N–H and O–H groups in total. The molecule has 1 aromatic carbocycles. The second-order valence-electron chi connectivity index (χ2n) is 5.10. The fourth-order valence-corrected chi connectivity index (χ4v) is 2.74. The highest BCUT2D eigenvalue weighted by molar-refractivity contribution is 7.15. The van der Waals surface area contributed by atoms with Crippen LogP contribution in [0.15, 0.2) is 24.3 Å². The summed E-state index contributed by atoms with van der Waals surface area (Å²) >= 11 is 1.50. The molecular formula is C15H19N3O2S. The average Bonchev–Trinajstić information content (AvgIpc) is 2.91. The van der Waals surface area contributed by atoms with Crippen LogP contribution < -0.4 is 10.1 Å². The van der Waals surface area contributed by atoms with Crippen LogP contribution in [0, 0.1) is 5.92 Å². The lowest BCUT2D eigenvalue weighted by atomic mass is 10.1. The first kappa shape index (κ1) is 15.4. The normalized spacial score (nSPS) is 10.7. The first-order chi connectivity index (χ1) is 10.1. The quantitative estimate of drug-likeness (QED) is 0.797. The fraction of sp³-hybridized carbons (Fsp3) is 0.400. The predicted molar refractivity (Wildman–Crippen MR) is 84.3 cm³/mol. The summed E-state index contributed by atoms with van der Waals surface area (Å²) in [5.41, 5.74) is 0.648. The molecule has 0 amide bonds. The summed E-state index contributed by atoms with van der Waals surface area (Å²) in [4.78, 5) is 12.1. The van der Waals surface area contributed by atoms with Crippen molar-refractivity contribution in [3.8, 4) is 5.75 Å². The summed E-state index contributed by atoms with van der Waals surface area (Å²) in [6.07, 6.45) is 0.909. The summed E-state index contributed by atoms with van der Waals surface area (Å²) in [5.74, 6) is 1.30. The van der Waals surface area contributed by atoms with Gasteiger partial charge in [-0.25, -0.2) is 0 Å². The number of ketones is 1. The number of nitrogens with zero attached hydrogens (tertiary/aromatic N) is 2. The standard InChI is InChI=1S/C15H19N3O2S/c1-10(2)8-14-17-18-15(21-14)16-9-13(19)11-4-6-12(20-3)7-5-11/h4-7,10H,8-9H2,1-3H3,(H,16,18). The third-order valence-corrected chi connectivity index (χ3v) is 3.77. The number of benzene rings is 1. The molecule has 0 saturated carbocycles. The molecule has 0 aliphatic carbocycles. The first-order valence-electron chi connectivity index (χ1n) is 6.82. The van der Waals surface area contributed by atoms with Gasteiger partial charge in [-0.3, -0.25) is 4.79 Å². The van der Waals surface area contributed by atoms with Gasteiger partial charge in [0.2, 0.25) is 5.13 Å². The third kappa shape index (κ3) is 4.53. The fourth-order valence-electron chi connectivity index (χ4n) is 1.79. The Morgan fingerprint density at radius 3 is 2.62 bits per heavy atom. The Labute approximate surface area is 128 Å². The van der Waals surface area contributed by atoms with Crippen LogP contribution in [0.25, 0.3) is 0 Å². The van der Waals surface area contributed by atoms with Crippen LogP contribution >= 0.6 is 11.3 Å². The van der Waals surface area contributed by atoms with Gasteiger partial charge in [0, 0.05) is 12.0 Å². The third-order valence-electron chi connectivity index (χ3n) is 2.86. The molecule has 6 heteroatoms. The molecule has 0 aliphatic heterocycles. The Kier molecular flexibility index (Phi) is 5.27. The summed E-state index contributed by atoms with van der Waals surface area (Å²) < 4.78 is 5.07. The van der Waals surface area contributed by atoms with E-state index in [9.17, 15) is 4.79 Å². The van der Waals surface area contributed by atoms with Crippen molar-refractivity contribution in [3.63, 3.8) is 0 Å². The highest BCUT2D eigenvalue weighted by Gasteiger charge is 2.09. The number of rotatable bonds is 7. The van der Waals surface area contributed by atoms with Gasteiger partial charge in [-0.05, 0) is 30.2 Å². The molecule has 0 unspecified atom stereocenters. The average molecular weight is 305 g/mol. The number of Topliss-reactive ketones (excluding diaryl/α,β-unsaturated/α-hetero) is 1. The number of hydrogen-bond donors (Lipinski definition) is 1. The second-order valence-corrected chi connectivity index (χ2v) is 6.17. The van der Waals surface area contributed by atoms with Gasteiger partial charge in [0.05, 0.1) is 13.7 Å². The Bertz CT molecular complexity index is 593. The van der Waals surface area contributed by atoms with Gasteiger partial charge in [0.15, 0.2) is 5.78 Å². The number of carbonyl (C=O) groups excluding carboxylic acids is 1. The molecule has 21 heavy (non-hydrogen) atoms. The van der Waals surface area contributed by atoms with E-state index in [1.54, 1.807) is 31.4 Å². The molecule has 0 saturated heterocycles. The minimum Gasteiger partial charge on any atom is -0.497 e. The molecule has 1 aromatic heterocycles. The predicted octanol–water partition coefficient (Wildman–Crippen LogP) is 3.04. The topological polar surface area (TPSA) is 64.1 Å². The van der Waals surface area contributed by atoms with E-state index in [2.05, 4.69) is 29.4 Å². The zero-order valence-electron chi connectivity index (χ0n) is 12.4. The van der Waals surface area contributed by atoms with Gasteiger partial charge in [-0.15, -0.1) is 10.2 Å². The molecule has 2 aromatic rings. The molecule has 5 nitrogen and oxygen atoms in total. The Morgan fingerprint density at radius 1 is 1.29 bits per heavy atom. The van der Waals surface area contributed by atoms with E-state index >= 15 is 0 Å². The number of ether oxygens (including phenoxy) is 1. The molecule has 0 radical (unpaired) electrons. The van der Waals surface area contributed by atoms with E-state index in [1.165, 1.54) is 11.3 Å². The maximum absolute atomic E-state index is 12.1. The number of nitrogens with one attached hydrogen (secondary N) is 1. The highest BCUT2D eigenvalue weighted by Crippen LogP contribution is 2.18. The van der Waals surface area contributed by atoms with E-state index in [0.717, 1.165) is 17.2 Å². The highest BCUT2D eigenvalue weighted by atomic mass is 32.1. The monoisotopic (exact) mass is 305 g/mol. The minimum atomic E-state index is 0.0123. The van der Waals surface area contributed by atoms with Crippen molar-refractivity contribution >= 4 is 22.3 Å². The Balaban J connectivity index is 1.89. The molecule has 0 fully saturated rings. The number of carbonyl (C=O) groups is 1. The van der Waals surface area contributed by atoms with Crippen LogP contribution in [-0.4, -0.2) is 29.6 Å². The minimum absolute atomic E-state index is 0.0123. The van der Waals surface area contributed by atoms with Crippen LogP contribution in [0.3, 0.4) is 0 Å². The molecule has 2 rings (SSSR count). The van der Waals surface area contributed by atoms with Crippen LogP contribution in [-0.2, 0) is 6.42 Å². The van der Waals surface area contributed by atoms with Crippen molar-refractivity contribution in [1.29, 1.82) is 0 Å². The number of methoxy groups -OCH3 is 1. The SMILES string of the molecule is COc1ccc(C(=O)CNc2nnc(CC(C)C)s2)cc1. The van der Waals surface area contributed by atoms with Crippen molar-refractivity contribution in [3.05, 3.63) is 34.8 Å². The zero-order valence-corrected chi connectivity index (χ0v) is 13.2. The van der Waals surface area contributed by atoms with Gasteiger partial charge in [0.25, 0.3) is 0 Å². The lowest BCUT2D eigenvalue weighted by Crippen LogP contribution is -2.13. The Hall–Kier alpha value is -1.95. The molecular weight excluding hydrogens is 286 g/mol. The maximum Gasteiger partial charge on any atom is 0.206 e. The van der Waals surface area contributed by atoms with Gasteiger partial charge >= 0.3 is 0 Å². The summed E-state index contributed by atoms with van der Waals surface area (Å²) in [6, 6.07) is 7.07. The van der Waals surface area contributed by atoms with Crippen molar-refractivity contribution in [1.82, 2.24) is 10.2 Å². The van der Waals surface area contributed by atoms with Crippen LogP contribution in [0.4, 0.5) is 5.13 Å². The number of hydrogen-bond acceptors (Lipinski definition) is 6. The summed E-state index contributed by atoms with van der Waals surface area (Å²) in [6.45, 7) is 4.49. The number of anilines is 1. The lowest BCUT2D eigenvalue weighted by molar-refractivity contribution is 0.101. The molecule has 0 aliphatic rings. The van der Waals surface area contributed by atoms with E-state index in [1.807, 2.05) is 0 Å². The van der Waals surface area contributed by atoms with Crippen molar-refractivity contribution in [2.24, 2.45) is 5.92 Å². The second kappa shape index (κ2) is 7.17. The van der Waals surface area contributed by atoms with Crippen molar-refractivity contribution in [2.45, 2.75) is 20.3 Å². The van der Waals surface area contributed by atoms with Gasteiger partial charge in [0.1, 0.15) is 10.8 Å². The van der Waals surface area contributed by atoms with E-state index in [-0.39, 0.29) is 12.3 Å². The lowest BCUT2D eigenvalue weighted by Gasteiger charge is -2.03. The summed E-state index contributed by atoms with van der Waals surface area (Å²) in [7, 11) is 1.60. The number of aromatic nitrogens is 2. The van der Waals surface area contributed by atoms with Crippen molar-refractivity contribution < 1.29 is 9.53 Å². The van der Waals surface area contributed by atoms with E-state index in [4.69, 9.17) is 4.74 Å². The van der Waals surface area contributed by atoms with Crippen LogP contribution in [0.1, 0.15) is 29.2 Å². The molecule has 112 valence electrons. The van der Waals surface area contributed by atoms with Gasteiger partial charge in [-0.2, -0.15) is 0 Å². The first-order valence-corrected chi connectivity index (χ1v) is 7.63. The largest absolute Gasteiger partial charge is 0.497 e. The maximum atomic E-state index is 12.1. The molecule has 0 atom stereocenters. The van der Waals surface area contributed by atoms with Gasteiger partial charge in [-0.1, -0.05) is 25.2 Å². The van der Waals surface area contributed by atoms with Crippen LogP contribution in [0.5, 0.6) is 5.75 Å². The van der Waals surface area contributed by atoms with E-state index < -0.39 is 0 Å². The van der Waals surface area contributed by atoms with Crippen molar-refractivity contribution in [2.75, 3.05) is 19.0 Å². The van der Waals surface area contributed by atoms with E-state index in [0.29, 0.717) is 16.6 Å². The van der Waals surface area contributed by atoms with Gasteiger partial charge < -0.3 is 10.1 Å². The zero-order chi connectivity index (χ0) is 15.2. The summed E-state index contributed by atoms with van der Waals surface area (Å²) in [5, 5.41) is 12.9.